The molecule has 2 rings (SSSR count). The van der Waals surface area contributed by atoms with E-state index in [4.69, 9.17) is 21.4 Å². The zero-order valence-corrected chi connectivity index (χ0v) is 15.5. The molecule has 0 unspecified atom stereocenters. The predicted octanol–water partition coefficient (Wildman–Crippen LogP) is 4.11. The number of carboxylic acids is 1. The third-order valence-electron chi connectivity index (χ3n) is 3.09. The van der Waals surface area contributed by atoms with Gasteiger partial charge >= 0.3 is 5.97 Å². The van der Waals surface area contributed by atoms with E-state index in [0.29, 0.717) is 26.5 Å². The van der Waals surface area contributed by atoms with Crippen LogP contribution >= 0.6 is 27.5 Å². The molecule has 8 heteroatoms. The number of carbonyl (C=O) groups is 2. The molecule has 0 radical (unpaired) electrons. The minimum atomic E-state index is -1.09. The third-order valence-corrected chi connectivity index (χ3v) is 3.96. The van der Waals surface area contributed by atoms with Gasteiger partial charge in [-0.25, -0.2) is 4.79 Å². The Morgan fingerprint density at radius 1 is 1.27 bits per heavy atom. The lowest BCUT2D eigenvalue weighted by Gasteiger charge is -2.07. The summed E-state index contributed by atoms with van der Waals surface area (Å²) in [5.74, 6) is -1.31. The van der Waals surface area contributed by atoms with Crippen LogP contribution in [0.1, 0.15) is 5.56 Å². The number of amides is 1. The standard InChI is InChI=1S/C18H12BrClN2O4/c19-15-8-11(1-6-16(15)26-10-17(23)24)7-12(9-21)18(25)22-14-4-2-13(20)3-5-14/h1-8H,10H2,(H,22,25)(H,23,24)/b12-7-. The number of nitrogens with one attached hydrogen (secondary N) is 1. The van der Waals surface area contributed by atoms with E-state index in [1.165, 1.54) is 6.08 Å². The molecular formula is C18H12BrClN2O4. The summed E-state index contributed by atoms with van der Waals surface area (Å²) in [7, 11) is 0. The lowest BCUT2D eigenvalue weighted by atomic mass is 10.1. The Kier molecular flexibility index (Phi) is 6.78. The van der Waals surface area contributed by atoms with Gasteiger partial charge < -0.3 is 15.2 Å². The lowest BCUT2D eigenvalue weighted by molar-refractivity contribution is -0.139. The molecular weight excluding hydrogens is 424 g/mol. The largest absolute Gasteiger partial charge is 0.481 e. The number of rotatable bonds is 6. The van der Waals surface area contributed by atoms with Crippen molar-refractivity contribution in [1.82, 2.24) is 0 Å². The number of halogens is 2. The van der Waals surface area contributed by atoms with Crippen LogP contribution < -0.4 is 10.1 Å². The van der Waals surface area contributed by atoms with Crippen LogP contribution in [-0.4, -0.2) is 23.6 Å². The molecule has 6 nitrogen and oxygen atoms in total. The zero-order valence-electron chi connectivity index (χ0n) is 13.2. The molecule has 0 aliphatic heterocycles. The van der Waals surface area contributed by atoms with Crippen molar-refractivity contribution in [2.45, 2.75) is 0 Å². The molecule has 0 aliphatic rings. The van der Waals surface area contributed by atoms with Crippen molar-refractivity contribution in [2.75, 3.05) is 11.9 Å². The molecule has 0 fully saturated rings. The van der Waals surface area contributed by atoms with Gasteiger partial charge in [0.15, 0.2) is 6.61 Å². The average molecular weight is 436 g/mol. The minimum Gasteiger partial charge on any atom is -0.481 e. The van der Waals surface area contributed by atoms with Gasteiger partial charge in [0.2, 0.25) is 0 Å². The van der Waals surface area contributed by atoms with E-state index >= 15 is 0 Å². The molecule has 0 atom stereocenters. The molecule has 0 aliphatic carbocycles. The van der Waals surface area contributed by atoms with Crippen molar-refractivity contribution in [3.05, 3.63) is 63.1 Å². The van der Waals surface area contributed by atoms with Gasteiger partial charge in [-0.3, -0.25) is 4.79 Å². The van der Waals surface area contributed by atoms with Gasteiger partial charge in [0.25, 0.3) is 5.91 Å². The number of carboxylic acid groups (broad SMARTS) is 1. The monoisotopic (exact) mass is 434 g/mol. The smallest absolute Gasteiger partial charge is 0.341 e. The number of ether oxygens (including phenoxy) is 1. The quantitative estimate of drug-likeness (QED) is 0.525. The van der Waals surface area contributed by atoms with E-state index in [9.17, 15) is 14.9 Å². The van der Waals surface area contributed by atoms with Crippen molar-refractivity contribution < 1.29 is 19.4 Å². The van der Waals surface area contributed by atoms with E-state index in [2.05, 4.69) is 21.2 Å². The van der Waals surface area contributed by atoms with Gasteiger partial charge in [-0.1, -0.05) is 17.7 Å². The molecule has 132 valence electrons. The van der Waals surface area contributed by atoms with Gasteiger partial charge in [0, 0.05) is 10.7 Å². The van der Waals surface area contributed by atoms with Gasteiger partial charge in [0.05, 0.1) is 4.47 Å². The van der Waals surface area contributed by atoms with Crippen molar-refractivity contribution in [3.8, 4) is 11.8 Å². The molecule has 0 spiro atoms. The Hall–Kier alpha value is -2.82. The molecule has 0 bridgehead atoms. The molecule has 2 aromatic rings. The SMILES string of the molecule is N#C/C(=C/c1ccc(OCC(=O)O)c(Br)c1)C(=O)Nc1ccc(Cl)cc1. The Morgan fingerprint density at radius 2 is 1.96 bits per heavy atom. The van der Waals surface area contributed by atoms with E-state index in [-0.39, 0.29) is 5.57 Å². The number of benzene rings is 2. The summed E-state index contributed by atoms with van der Waals surface area (Å²) >= 11 is 9.05. The fraction of sp³-hybridized carbons (Fsp3) is 0.0556. The van der Waals surface area contributed by atoms with Crippen LogP contribution in [0.25, 0.3) is 6.08 Å². The second kappa shape index (κ2) is 9.04. The van der Waals surface area contributed by atoms with Crippen LogP contribution in [0.3, 0.4) is 0 Å². The minimum absolute atomic E-state index is 0.0916. The third kappa shape index (κ3) is 5.62. The van der Waals surface area contributed by atoms with E-state index < -0.39 is 18.5 Å². The first kappa shape index (κ1) is 19.5. The molecule has 0 aromatic heterocycles. The second-order valence-corrected chi connectivity index (χ2v) is 6.29. The fourth-order valence-electron chi connectivity index (χ4n) is 1.91. The summed E-state index contributed by atoms with van der Waals surface area (Å²) in [4.78, 5) is 22.8. The highest BCUT2D eigenvalue weighted by Gasteiger charge is 2.11. The van der Waals surface area contributed by atoms with Gasteiger partial charge in [0.1, 0.15) is 17.4 Å². The second-order valence-electron chi connectivity index (χ2n) is 5.00. The van der Waals surface area contributed by atoms with E-state index in [1.807, 2.05) is 6.07 Å². The first-order chi connectivity index (χ1) is 12.4. The number of carbonyl (C=O) groups excluding carboxylic acids is 1. The topological polar surface area (TPSA) is 99.4 Å². The molecule has 0 saturated heterocycles. The van der Waals surface area contributed by atoms with Crippen molar-refractivity contribution in [1.29, 1.82) is 5.26 Å². The molecule has 1 amide bonds. The van der Waals surface area contributed by atoms with Gasteiger partial charge in [-0.2, -0.15) is 5.26 Å². The number of hydrogen-bond acceptors (Lipinski definition) is 4. The summed E-state index contributed by atoms with van der Waals surface area (Å²) in [5, 5.41) is 21.0. The number of nitrogens with zero attached hydrogens (tertiary/aromatic N) is 1. The fourth-order valence-corrected chi connectivity index (χ4v) is 2.55. The number of aliphatic carboxylic acids is 1. The summed E-state index contributed by atoms with van der Waals surface area (Å²) in [5.41, 5.74) is 0.993. The van der Waals surface area contributed by atoms with Crippen molar-refractivity contribution in [3.63, 3.8) is 0 Å². The number of anilines is 1. The van der Waals surface area contributed by atoms with Crippen molar-refractivity contribution in [2.24, 2.45) is 0 Å². The number of nitriles is 1. The summed E-state index contributed by atoms with van der Waals surface area (Å²) < 4.78 is 5.60. The maximum absolute atomic E-state index is 12.2. The molecule has 2 aromatic carbocycles. The summed E-state index contributed by atoms with van der Waals surface area (Å²) in [6.45, 7) is -0.471. The van der Waals surface area contributed by atoms with E-state index in [1.54, 1.807) is 42.5 Å². The Bertz CT molecular complexity index is 904. The first-order valence-corrected chi connectivity index (χ1v) is 8.39. The normalized spacial score (nSPS) is 10.7. The lowest BCUT2D eigenvalue weighted by Crippen LogP contribution is -2.13. The Balaban J connectivity index is 2.15. The van der Waals surface area contributed by atoms with Crippen LogP contribution in [0.5, 0.6) is 5.75 Å². The maximum Gasteiger partial charge on any atom is 0.341 e. The molecule has 0 saturated carbocycles. The summed E-state index contributed by atoms with van der Waals surface area (Å²) in [6, 6.07) is 13.1. The van der Waals surface area contributed by atoms with Crippen LogP contribution in [0.4, 0.5) is 5.69 Å². The first-order valence-electron chi connectivity index (χ1n) is 7.22. The van der Waals surface area contributed by atoms with E-state index in [0.717, 1.165) is 0 Å². The van der Waals surface area contributed by atoms with Crippen LogP contribution in [0, 0.1) is 11.3 Å². The zero-order chi connectivity index (χ0) is 19.1. The highest BCUT2D eigenvalue weighted by Crippen LogP contribution is 2.27. The summed E-state index contributed by atoms with van der Waals surface area (Å²) in [6.07, 6.45) is 1.41. The average Bonchev–Trinajstić information content (AvgIpc) is 2.60. The number of hydrogen-bond donors (Lipinski definition) is 2. The highest BCUT2D eigenvalue weighted by molar-refractivity contribution is 9.10. The molecule has 0 heterocycles. The Labute approximate surface area is 162 Å². The van der Waals surface area contributed by atoms with Crippen LogP contribution in [0.15, 0.2) is 52.5 Å². The van der Waals surface area contributed by atoms with Crippen molar-refractivity contribution >= 4 is 51.2 Å². The van der Waals surface area contributed by atoms with Gasteiger partial charge in [-0.05, 0) is 64.0 Å². The highest BCUT2D eigenvalue weighted by atomic mass is 79.9. The van der Waals surface area contributed by atoms with Gasteiger partial charge in [-0.15, -0.1) is 0 Å². The predicted molar refractivity (Wildman–Crippen MR) is 101 cm³/mol. The molecule has 2 N–H and O–H groups in total. The van der Waals surface area contributed by atoms with Crippen LogP contribution in [0.2, 0.25) is 5.02 Å². The maximum atomic E-state index is 12.2. The Morgan fingerprint density at radius 3 is 2.54 bits per heavy atom. The van der Waals surface area contributed by atoms with Crippen LogP contribution in [-0.2, 0) is 9.59 Å². The molecule has 26 heavy (non-hydrogen) atoms.